The van der Waals surface area contributed by atoms with E-state index in [4.69, 9.17) is 46.0 Å². The van der Waals surface area contributed by atoms with E-state index in [0.29, 0.717) is 12.8 Å². The van der Waals surface area contributed by atoms with Crippen molar-refractivity contribution in [3.05, 3.63) is 0 Å². The summed E-state index contributed by atoms with van der Waals surface area (Å²) >= 11 is 16.5. The number of ether oxygens (including phenoxy) is 1. The summed E-state index contributed by atoms with van der Waals surface area (Å²) < 4.78 is 3.46. The maximum atomic E-state index is 9.52. The van der Waals surface area contributed by atoms with Crippen LogP contribution >= 0.6 is 34.8 Å². The summed E-state index contributed by atoms with van der Waals surface area (Å²) in [5.41, 5.74) is -0.776. The van der Waals surface area contributed by atoms with Gasteiger partial charge >= 0.3 is 0 Å². The fraction of sp³-hybridized carbons (Fsp3) is 0.800. The number of aliphatic hydroxyl groups excluding tert-OH is 1. The predicted molar refractivity (Wildman–Crippen MR) is 62.0 cm³/mol. The predicted octanol–water partition coefficient (Wildman–Crippen LogP) is 3.03. The minimum atomic E-state index is -1.86. The first kappa shape index (κ1) is 13.4. The molecule has 0 bridgehead atoms. The Balaban J connectivity index is 2.64. The highest BCUT2D eigenvalue weighted by Gasteiger charge is 2.40. The number of hydrogen-bond acceptors (Lipinski definition) is 2. The van der Waals surface area contributed by atoms with Crippen LogP contribution in [0.2, 0.25) is 0 Å². The number of aliphatic hydroxyl groups is 1. The molecule has 5 heteroatoms. The second kappa shape index (κ2) is 5.12. The minimum Gasteiger partial charge on any atom is -0.365 e. The Bertz CT molecular complexity index is 248. The van der Waals surface area contributed by atoms with Crippen LogP contribution in [0.25, 0.3) is 0 Å². The second-order valence-electron chi connectivity index (χ2n) is 3.71. The lowest BCUT2D eigenvalue weighted by Crippen LogP contribution is -2.42. The van der Waals surface area contributed by atoms with Crippen LogP contribution in [0.1, 0.15) is 32.1 Å². The molecule has 0 aromatic heterocycles. The molecule has 1 rings (SSSR count). The fourth-order valence-corrected chi connectivity index (χ4v) is 1.83. The zero-order valence-electron chi connectivity index (χ0n) is 8.18. The van der Waals surface area contributed by atoms with Gasteiger partial charge in [0.1, 0.15) is 5.60 Å². The molecule has 0 aromatic carbocycles. The van der Waals surface area contributed by atoms with Gasteiger partial charge in [-0.25, -0.2) is 0 Å². The molecule has 1 N–H and O–H groups in total. The van der Waals surface area contributed by atoms with E-state index in [0.717, 1.165) is 19.3 Å². The number of alkyl halides is 3. The summed E-state index contributed by atoms with van der Waals surface area (Å²) in [7, 11) is 0. The molecule has 1 saturated carbocycles. The molecule has 0 saturated heterocycles. The maximum absolute atomic E-state index is 9.52. The zero-order valence-corrected chi connectivity index (χ0v) is 10.4. The number of hydrogen-bond donors (Lipinski definition) is 1. The van der Waals surface area contributed by atoms with Gasteiger partial charge in [0.25, 0.3) is 0 Å². The largest absolute Gasteiger partial charge is 0.365 e. The van der Waals surface area contributed by atoms with Crippen molar-refractivity contribution in [3.63, 3.8) is 0 Å². The van der Waals surface area contributed by atoms with E-state index in [1.165, 1.54) is 0 Å². The first-order chi connectivity index (χ1) is 6.90. The highest BCUT2D eigenvalue weighted by Crippen LogP contribution is 2.37. The van der Waals surface area contributed by atoms with Crippen LogP contribution in [0, 0.1) is 12.3 Å². The molecule has 1 fully saturated rings. The van der Waals surface area contributed by atoms with Gasteiger partial charge in [-0.3, -0.25) is 0 Å². The van der Waals surface area contributed by atoms with E-state index >= 15 is 0 Å². The van der Waals surface area contributed by atoms with Crippen molar-refractivity contribution in [2.24, 2.45) is 0 Å². The number of rotatable bonds is 2. The minimum absolute atomic E-state index is 0.696. The average Bonchev–Trinajstić information content (AvgIpc) is 2.18. The molecule has 0 aromatic rings. The Morgan fingerprint density at radius 2 is 1.80 bits per heavy atom. The van der Waals surface area contributed by atoms with Crippen molar-refractivity contribution in [3.8, 4) is 12.3 Å². The van der Waals surface area contributed by atoms with Crippen molar-refractivity contribution in [2.75, 3.05) is 0 Å². The Morgan fingerprint density at radius 3 is 2.20 bits per heavy atom. The third-order valence-corrected chi connectivity index (χ3v) is 3.10. The molecule has 1 aliphatic rings. The van der Waals surface area contributed by atoms with Gasteiger partial charge in [-0.05, 0) is 25.7 Å². The van der Waals surface area contributed by atoms with Crippen molar-refractivity contribution in [1.29, 1.82) is 0 Å². The molecule has 1 aliphatic carbocycles. The van der Waals surface area contributed by atoms with Crippen LogP contribution in [0.5, 0.6) is 0 Å². The van der Waals surface area contributed by atoms with E-state index in [2.05, 4.69) is 5.92 Å². The van der Waals surface area contributed by atoms with Crippen LogP contribution in [0.3, 0.4) is 0 Å². The quantitative estimate of drug-likeness (QED) is 0.475. The number of halogens is 3. The lowest BCUT2D eigenvalue weighted by molar-refractivity contribution is -0.170. The first-order valence-corrected chi connectivity index (χ1v) is 5.93. The van der Waals surface area contributed by atoms with Crippen molar-refractivity contribution in [1.82, 2.24) is 0 Å². The van der Waals surface area contributed by atoms with E-state index in [-0.39, 0.29) is 0 Å². The Morgan fingerprint density at radius 1 is 1.27 bits per heavy atom. The van der Waals surface area contributed by atoms with E-state index < -0.39 is 15.7 Å². The SMILES string of the molecule is C#CC1(OC(O)C(Cl)(Cl)Cl)CCCCC1. The van der Waals surface area contributed by atoms with Crippen LogP contribution in [0.4, 0.5) is 0 Å². The van der Waals surface area contributed by atoms with Gasteiger partial charge in [-0.1, -0.05) is 47.1 Å². The van der Waals surface area contributed by atoms with Gasteiger partial charge in [0.15, 0.2) is 0 Å². The van der Waals surface area contributed by atoms with E-state index in [1.54, 1.807) is 0 Å². The lowest BCUT2D eigenvalue weighted by atomic mass is 9.85. The van der Waals surface area contributed by atoms with Crippen molar-refractivity contribution in [2.45, 2.75) is 47.8 Å². The normalized spacial score (nSPS) is 23.1. The van der Waals surface area contributed by atoms with E-state index in [9.17, 15) is 5.11 Å². The molecule has 0 heterocycles. The highest BCUT2D eigenvalue weighted by atomic mass is 35.6. The molecule has 2 nitrogen and oxygen atoms in total. The summed E-state index contributed by atoms with van der Waals surface area (Å²) in [6, 6.07) is 0. The Kier molecular flexibility index (Phi) is 4.58. The highest BCUT2D eigenvalue weighted by molar-refractivity contribution is 6.67. The van der Waals surface area contributed by atoms with Crippen molar-refractivity contribution < 1.29 is 9.84 Å². The third-order valence-electron chi connectivity index (χ3n) is 2.54. The van der Waals surface area contributed by atoms with Crippen LogP contribution in [-0.4, -0.2) is 20.8 Å². The van der Waals surface area contributed by atoms with Crippen LogP contribution in [0.15, 0.2) is 0 Å². The Hall–Kier alpha value is 0.350. The topological polar surface area (TPSA) is 29.5 Å². The van der Waals surface area contributed by atoms with Gasteiger partial charge in [-0.2, -0.15) is 0 Å². The summed E-state index contributed by atoms with van der Waals surface area (Å²) in [6.45, 7) is 0. The van der Waals surface area contributed by atoms with Gasteiger partial charge in [-0.15, -0.1) is 6.42 Å². The van der Waals surface area contributed by atoms with Crippen molar-refractivity contribution >= 4 is 34.8 Å². The standard InChI is InChI=1S/C10H13Cl3O2/c1-2-9(6-4-3-5-7-9)15-8(14)10(11,12)13/h1,8,14H,3-7H2. The summed E-state index contributed by atoms with van der Waals surface area (Å²) in [6.07, 6.45) is 8.38. The van der Waals surface area contributed by atoms with E-state index in [1.807, 2.05) is 0 Å². The molecule has 0 spiro atoms. The summed E-state index contributed by atoms with van der Waals surface area (Å²) in [5.74, 6) is 2.56. The van der Waals surface area contributed by atoms with Gasteiger partial charge in [0.05, 0.1) is 0 Å². The molecule has 0 aliphatic heterocycles. The Labute approximate surface area is 105 Å². The second-order valence-corrected chi connectivity index (χ2v) is 6.08. The average molecular weight is 272 g/mol. The molecule has 1 atom stereocenters. The van der Waals surface area contributed by atoms with Gasteiger partial charge < -0.3 is 9.84 Å². The molecule has 0 amide bonds. The summed E-state index contributed by atoms with van der Waals surface area (Å²) in [5, 5.41) is 9.52. The third kappa shape index (κ3) is 3.69. The van der Waals surface area contributed by atoms with Crippen LogP contribution < -0.4 is 0 Å². The lowest BCUT2D eigenvalue weighted by Gasteiger charge is -2.35. The zero-order chi connectivity index (χ0) is 11.5. The first-order valence-electron chi connectivity index (χ1n) is 4.80. The van der Waals surface area contributed by atoms with Gasteiger partial charge in [0.2, 0.25) is 10.1 Å². The monoisotopic (exact) mass is 270 g/mol. The number of terminal acetylenes is 1. The summed E-state index contributed by atoms with van der Waals surface area (Å²) in [4.78, 5) is 0. The molecular formula is C10H13Cl3O2. The molecule has 15 heavy (non-hydrogen) atoms. The fourth-order valence-electron chi connectivity index (χ4n) is 1.70. The van der Waals surface area contributed by atoms with Crippen LogP contribution in [-0.2, 0) is 4.74 Å². The van der Waals surface area contributed by atoms with Gasteiger partial charge in [0, 0.05) is 0 Å². The maximum Gasteiger partial charge on any atom is 0.240 e. The molecule has 0 radical (unpaired) electrons. The molecular weight excluding hydrogens is 258 g/mol. The molecule has 86 valence electrons. The molecule has 1 unspecified atom stereocenters. The smallest absolute Gasteiger partial charge is 0.240 e.